The van der Waals surface area contributed by atoms with Crippen LogP contribution in [0.4, 0.5) is 14.6 Å². The lowest BCUT2D eigenvalue weighted by atomic mass is 9.96. The highest BCUT2D eigenvalue weighted by atomic mass is 32.2. The third-order valence-corrected chi connectivity index (χ3v) is 10.3. The van der Waals surface area contributed by atoms with Crippen molar-refractivity contribution in [1.29, 1.82) is 0 Å². The normalized spacial score (nSPS) is 21.4. The Bertz CT molecular complexity index is 1640. The Labute approximate surface area is 254 Å². The fourth-order valence-electron chi connectivity index (χ4n) is 6.79. The van der Waals surface area contributed by atoms with Crippen molar-refractivity contribution in [3.05, 3.63) is 64.6 Å². The van der Waals surface area contributed by atoms with Crippen molar-refractivity contribution in [3.8, 4) is 11.1 Å². The van der Waals surface area contributed by atoms with Crippen molar-refractivity contribution < 1.29 is 13.6 Å². The molecular formula is C32H38F2N6O2S. The first-order valence-corrected chi connectivity index (χ1v) is 16.0. The van der Waals surface area contributed by atoms with Crippen molar-refractivity contribution in [2.75, 3.05) is 69.6 Å². The molecular weight excluding hydrogens is 570 g/mol. The largest absolute Gasteiger partial charge is 0.350 e. The number of carbonyl (C=O) groups is 1. The van der Waals surface area contributed by atoms with E-state index in [1.165, 1.54) is 18.2 Å². The minimum absolute atomic E-state index is 0.0807. The van der Waals surface area contributed by atoms with Gasteiger partial charge in [-0.15, -0.1) is 11.8 Å². The van der Waals surface area contributed by atoms with Gasteiger partial charge in [0.25, 0.3) is 0 Å². The fourth-order valence-corrected chi connectivity index (χ4v) is 8.16. The summed E-state index contributed by atoms with van der Waals surface area (Å²) < 4.78 is 31.0. The zero-order valence-corrected chi connectivity index (χ0v) is 25.8. The number of halogens is 2. The van der Waals surface area contributed by atoms with Crippen LogP contribution in [0, 0.1) is 18.6 Å². The minimum Gasteiger partial charge on any atom is -0.350 e. The van der Waals surface area contributed by atoms with Gasteiger partial charge in [0, 0.05) is 91.6 Å². The van der Waals surface area contributed by atoms with Gasteiger partial charge in [-0.05, 0) is 50.2 Å². The van der Waals surface area contributed by atoms with Gasteiger partial charge in [-0.2, -0.15) is 4.98 Å². The number of rotatable bonds is 6. The van der Waals surface area contributed by atoms with Gasteiger partial charge >= 0.3 is 5.69 Å². The Morgan fingerprint density at radius 1 is 1.12 bits per heavy atom. The molecule has 228 valence electrons. The number of likely N-dealkylation sites (N-methyl/N-ethyl adjacent to an activating group) is 1. The van der Waals surface area contributed by atoms with Crippen LogP contribution >= 0.6 is 11.8 Å². The van der Waals surface area contributed by atoms with Crippen LogP contribution in [0.15, 0.2) is 46.6 Å². The van der Waals surface area contributed by atoms with Crippen LogP contribution in [0.3, 0.4) is 0 Å². The zero-order valence-electron chi connectivity index (χ0n) is 25.0. The maximum atomic E-state index is 15.2. The molecule has 0 spiro atoms. The van der Waals surface area contributed by atoms with Crippen LogP contribution in [0.25, 0.3) is 22.0 Å². The van der Waals surface area contributed by atoms with Crippen molar-refractivity contribution >= 4 is 34.4 Å². The quantitative estimate of drug-likeness (QED) is 0.390. The molecule has 2 fully saturated rings. The number of aromatic nitrogens is 2. The highest BCUT2D eigenvalue weighted by molar-refractivity contribution is 7.99. The molecule has 6 rings (SSSR count). The molecule has 2 atom stereocenters. The summed E-state index contributed by atoms with van der Waals surface area (Å²) in [7, 11) is 0. The molecule has 4 heterocycles. The second-order valence-electron chi connectivity index (χ2n) is 11.7. The number of anilines is 1. The monoisotopic (exact) mass is 608 g/mol. The summed E-state index contributed by atoms with van der Waals surface area (Å²) in [6.07, 6.45) is 1.33. The molecule has 11 heteroatoms. The summed E-state index contributed by atoms with van der Waals surface area (Å²) in [6, 6.07) is 5.48. The lowest BCUT2D eigenvalue weighted by Gasteiger charge is -2.41. The number of piperazine rings is 2. The summed E-state index contributed by atoms with van der Waals surface area (Å²) in [5, 5.41) is 0.835. The van der Waals surface area contributed by atoms with Crippen LogP contribution in [-0.4, -0.2) is 101 Å². The van der Waals surface area contributed by atoms with Crippen molar-refractivity contribution in [3.63, 3.8) is 0 Å². The van der Waals surface area contributed by atoms with E-state index >= 15 is 4.39 Å². The number of carbonyl (C=O) groups excluding carboxylic acids is 1. The average molecular weight is 609 g/mol. The third-order valence-electron chi connectivity index (χ3n) is 9.09. The molecule has 0 N–H and O–H groups in total. The predicted octanol–water partition coefficient (Wildman–Crippen LogP) is 4.16. The molecule has 3 aromatic rings. The van der Waals surface area contributed by atoms with Crippen molar-refractivity contribution in [2.45, 2.75) is 37.8 Å². The molecule has 8 nitrogen and oxygen atoms in total. The van der Waals surface area contributed by atoms with E-state index < -0.39 is 11.6 Å². The van der Waals surface area contributed by atoms with Gasteiger partial charge in [0.05, 0.1) is 11.6 Å². The van der Waals surface area contributed by atoms with Crippen LogP contribution in [-0.2, 0) is 4.79 Å². The lowest BCUT2D eigenvalue weighted by Crippen LogP contribution is -2.54. The van der Waals surface area contributed by atoms with Gasteiger partial charge in [0.15, 0.2) is 0 Å². The summed E-state index contributed by atoms with van der Waals surface area (Å²) in [4.78, 5) is 40.6. The second kappa shape index (κ2) is 12.0. The third kappa shape index (κ3) is 5.47. The first-order valence-electron chi connectivity index (χ1n) is 15.0. The maximum absolute atomic E-state index is 15.2. The smallest absolute Gasteiger partial charge is 0.350 e. The number of nitrogens with zero attached hydrogens (tertiary/aromatic N) is 6. The molecule has 3 aliphatic heterocycles. The van der Waals surface area contributed by atoms with Crippen LogP contribution in [0.2, 0.25) is 0 Å². The SMILES string of the molecule is C=CC(=O)N1CCN(c2nc(=O)n3c4c(c(-c5ccc(F)cc5F)c(C)cc24)SC[C@@H]3CN2CCN(CC)CC2)[C@@H](C)C1. The number of hydrogen-bond donors (Lipinski definition) is 0. The molecule has 1 aromatic heterocycles. The van der Waals surface area contributed by atoms with E-state index in [1.54, 1.807) is 16.7 Å². The van der Waals surface area contributed by atoms with Gasteiger partial charge < -0.3 is 14.7 Å². The van der Waals surface area contributed by atoms with Gasteiger partial charge in [-0.3, -0.25) is 14.3 Å². The predicted molar refractivity (Wildman–Crippen MR) is 168 cm³/mol. The number of aryl methyl sites for hydroxylation is 1. The van der Waals surface area contributed by atoms with E-state index in [-0.39, 0.29) is 23.7 Å². The van der Waals surface area contributed by atoms with Gasteiger partial charge in [0.2, 0.25) is 5.91 Å². The molecule has 0 unspecified atom stereocenters. The number of thioether (sulfide) groups is 1. The fraction of sp³-hybridized carbons (Fsp3) is 0.469. The standard InChI is InChI=1S/C32H38F2N6O2S/c1-5-27(41)38-13-14-39(21(4)17-38)31-25-15-20(3)28(24-8-7-22(33)16-26(24)34)30-29(25)40(32(42)35-31)23(19-43-30)18-37-11-9-36(6-2)10-12-37/h5,7-8,15-16,21,23H,1,6,9-14,17-19H2,2-4H3/t21-,23-/m0/s1. The maximum Gasteiger partial charge on any atom is 0.350 e. The van der Waals surface area contributed by atoms with E-state index in [2.05, 4.69) is 28.2 Å². The highest BCUT2D eigenvalue weighted by Crippen LogP contribution is 2.46. The first kappa shape index (κ1) is 29.8. The molecule has 1 amide bonds. The summed E-state index contributed by atoms with van der Waals surface area (Å²) in [6.45, 7) is 16.9. The van der Waals surface area contributed by atoms with E-state index in [4.69, 9.17) is 4.98 Å². The van der Waals surface area contributed by atoms with E-state index in [1.807, 2.05) is 24.5 Å². The molecule has 0 radical (unpaired) electrons. The number of hydrogen-bond acceptors (Lipinski definition) is 7. The summed E-state index contributed by atoms with van der Waals surface area (Å²) in [5.74, 6) is -0.139. The molecule has 0 bridgehead atoms. The van der Waals surface area contributed by atoms with Crippen molar-refractivity contribution in [2.24, 2.45) is 0 Å². The van der Waals surface area contributed by atoms with Gasteiger partial charge in [-0.25, -0.2) is 13.6 Å². The van der Waals surface area contributed by atoms with Gasteiger partial charge in [0.1, 0.15) is 17.5 Å². The molecule has 2 aromatic carbocycles. The summed E-state index contributed by atoms with van der Waals surface area (Å²) in [5.41, 5.74) is 2.26. The van der Waals surface area contributed by atoms with E-state index in [0.717, 1.165) is 66.7 Å². The lowest BCUT2D eigenvalue weighted by molar-refractivity contribution is -0.126. The Kier molecular flexibility index (Phi) is 8.32. The first-order chi connectivity index (χ1) is 20.7. The van der Waals surface area contributed by atoms with Crippen molar-refractivity contribution in [1.82, 2.24) is 24.3 Å². The topological polar surface area (TPSA) is 64.9 Å². The Hall–Kier alpha value is -3.28. The van der Waals surface area contributed by atoms with E-state index in [0.29, 0.717) is 42.3 Å². The second-order valence-corrected chi connectivity index (χ2v) is 12.8. The van der Waals surface area contributed by atoms with Gasteiger partial charge in [-0.1, -0.05) is 13.5 Å². The Morgan fingerprint density at radius 2 is 1.86 bits per heavy atom. The number of amides is 1. The average Bonchev–Trinajstić information content (AvgIpc) is 3.00. The van der Waals surface area contributed by atoms with Crippen LogP contribution < -0.4 is 10.6 Å². The van der Waals surface area contributed by atoms with Crippen LogP contribution in [0.5, 0.6) is 0 Å². The Morgan fingerprint density at radius 3 is 2.53 bits per heavy atom. The van der Waals surface area contributed by atoms with Crippen LogP contribution in [0.1, 0.15) is 25.5 Å². The zero-order chi connectivity index (χ0) is 30.4. The Balaban J connectivity index is 1.49. The minimum atomic E-state index is -0.630. The molecule has 43 heavy (non-hydrogen) atoms. The highest BCUT2D eigenvalue weighted by Gasteiger charge is 2.34. The molecule has 0 aliphatic carbocycles. The molecule has 3 aliphatic rings. The number of benzene rings is 2. The van der Waals surface area contributed by atoms with E-state index in [9.17, 15) is 14.0 Å². The molecule has 2 saturated heterocycles. The molecule has 0 saturated carbocycles. The summed E-state index contributed by atoms with van der Waals surface area (Å²) >= 11 is 1.64.